The lowest BCUT2D eigenvalue weighted by Crippen LogP contribution is -2.14. The van der Waals surface area contributed by atoms with E-state index in [1.165, 1.54) is 41.4 Å². The fourth-order valence-electron chi connectivity index (χ4n) is 2.63. The summed E-state index contributed by atoms with van der Waals surface area (Å²) >= 11 is 4.35. The SMILES string of the molecule is CC(=O)Nc1cccc(Nc2nnc(SCc3cc(=O)n4c(C)csc4n3)s2)c1. The van der Waals surface area contributed by atoms with Crippen LogP contribution in [-0.4, -0.2) is 25.5 Å². The monoisotopic (exact) mass is 444 g/mol. The molecule has 3 aromatic heterocycles. The molecule has 1 amide bonds. The number of thioether (sulfide) groups is 1. The van der Waals surface area contributed by atoms with Crippen LogP contribution in [0.1, 0.15) is 18.3 Å². The smallest absolute Gasteiger partial charge is 0.258 e. The van der Waals surface area contributed by atoms with Gasteiger partial charge >= 0.3 is 0 Å². The molecule has 29 heavy (non-hydrogen) atoms. The highest BCUT2D eigenvalue weighted by atomic mass is 32.2. The molecule has 0 bridgehead atoms. The van der Waals surface area contributed by atoms with Crippen molar-refractivity contribution < 1.29 is 4.79 Å². The number of nitrogens with one attached hydrogen (secondary N) is 2. The third-order valence-corrected chi connectivity index (χ3v) is 6.76. The molecular weight excluding hydrogens is 428 g/mol. The van der Waals surface area contributed by atoms with Crippen LogP contribution < -0.4 is 16.2 Å². The standard InChI is InChI=1S/C18H16N6O2S3/c1-10-8-27-17-21-14(7-15(26)24(10)17)9-28-18-23-22-16(29-18)20-13-5-3-4-12(6-13)19-11(2)25/h3-8H,9H2,1-2H3,(H,19,25)(H,20,22). The number of amides is 1. The van der Waals surface area contributed by atoms with Crippen molar-refractivity contribution in [1.29, 1.82) is 0 Å². The summed E-state index contributed by atoms with van der Waals surface area (Å²) in [5, 5.41) is 16.8. The summed E-state index contributed by atoms with van der Waals surface area (Å²) in [7, 11) is 0. The van der Waals surface area contributed by atoms with Crippen LogP contribution in [0.25, 0.3) is 4.96 Å². The predicted octanol–water partition coefficient (Wildman–Crippen LogP) is 3.91. The van der Waals surface area contributed by atoms with Gasteiger partial charge in [0.15, 0.2) is 9.30 Å². The number of nitrogens with zero attached hydrogens (tertiary/aromatic N) is 4. The van der Waals surface area contributed by atoms with Gasteiger partial charge in [-0.05, 0) is 25.1 Å². The van der Waals surface area contributed by atoms with Crippen molar-refractivity contribution in [2.24, 2.45) is 0 Å². The first-order valence-corrected chi connectivity index (χ1v) is 11.2. The maximum atomic E-state index is 12.3. The van der Waals surface area contributed by atoms with Gasteiger partial charge in [-0.2, -0.15) is 0 Å². The average molecular weight is 445 g/mol. The molecule has 148 valence electrons. The molecule has 0 atom stereocenters. The zero-order chi connectivity index (χ0) is 20.4. The highest BCUT2D eigenvalue weighted by Crippen LogP contribution is 2.30. The summed E-state index contributed by atoms with van der Waals surface area (Å²) in [5.41, 5.74) is 3.05. The van der Waals surface area contributed by atoms with Crippen LogP contribution in [0.5, 0.6) is 0 Å². The van der Waals surface area contributed by atoms with E-state index < -0.39 is 0 Å². The molecule has 1 aromatic carbocycles. The molecule has 0 saturated heterocycles. The van der Waals surface area contributed by atoms with Gasteiger partial charge in [0.2, 0.25) is 11.0 Å². The molecule has 4 aromatic rings. The maximum absolute atomic E-state index is 12.3. The highest BCUT2D eigenvalue weighted by Gasteiger charge is 2.10. The van der Waals surface area contributed by atoms with Crippen LogP contribution in [0.15, 0.2) is 44.8 Å². The van der Waals surface area contributed by atoms with Gasteiger partial charge in [-0.1, -0.05) is 29.2 Å². The van der Waals surface area contributed by atoms with Gasteiger partial charge in [0, 0.05) is 41.2 Å². The van der Waals surface area contributed by atoms with Gasteiger partial charge < -0.3 is 10.6 Å². The Labute approximate surface area is 178 Å². The van der Waals surface area contributed by atoms with Gasteiger partial charge in [-0.15, -0.1) is 21.5 Å². The van der Waals surface area contributed by atoms with E-state index in [0.717, 1.165) is 21.4 Å². The topological polar surface area (TPSA) is 101 Å². The molecular formula is C18H16N6O2S3. The highest BCUT2D eigenvalue weighted by molar-refractivity contribution is 8.00. The van der Waals surface area contributed by atoms with E-state index in [4.69, 9.17) is 0 Å². The predicted molar refractivity (Wildman–Crippen MR) is 118 cm³/mol. The third-order valence-electron chi connectivity index (χ3n) is 3.81. The zero-order valence-corrected chi connectivity index (χ0v) is 18.0. The number of carbonyl (C=O) groups is 1. The Morgan fingerprint density at radius 1 is 1.24 bits per heavy atom. The van der Waals surface area contributed by atoms with Gasteiger partial charge in [0.25, 0.3) is 5.56 Å². The fourth-order valence-corrected chi connectivity index (χ4v) is 5.19. The Morgan fingerprint density at radius 3 is 2.90 bits per heavy atom. The summed E-state index contributed by atoms with van der Waals surface area (Å²) in [6.07, 6.45) is 0. The van der Waals surface area contributed by atoms with Crippen molar-refractivity contribution in [1.82, 2.24) is 19.6 Å². The zero-order valence-electron chi connectivity index (χ0n) is 15.5. The summed E-state index contributed by atoms with van der Waals surface area (Å²) in [5.74, 6) is 0.413. The quantitative estimate of drug-likeness (QED) is 0.435. The Morgan fingerprint density at radius 2 is 2.07 bits per heavy atom. The number of anilines is 3. The first-order chi connectivity index (χ1) is 14.0. The Kier molecular flexibility index (Phi) is 5.60. The number of hydrogen-bond donors (Lipinski definition) is 2. The molecule has 0 saturated carbocycles. The van der Waals surface area contributed by atoms with Crippen molar-refractivity contribution in [3.8, 4) is 0 Å². The Bertz CT molecular complexity index is 1250. The van der Waals surface area contributed by atoms with E-state index in [9.17, 15) is 9.59 Å². The van der Waals surface area contributed by atoms with Crippen LogP contribution >= 0.6 is 34.4 Å². The molecule has 2 N–H and O–H groups in total. The number of fused-ring (bicyclic) bond motifs is 1. The first-order valence-electron chi connectivity index (χ1n) is 8.56. The fraction of sp³-hybridized carbons (Fsp3) is 0.167. The minimum atomic E-state index is -0.124. The van der Waals surface area contributed by atoms with Crippen molar-refractivity contribution >= 4 is 61.8 Å². The largest absolute Gasteiger partial charge is 0.330 e. The lowest BCUT2D eigenvalue weighted by Gasteiger charge is -2.05. The number of carbonyl (C=O) groups excluding carboxylic acids is 1. The summed E-state index contributed by atoms with van der Waals surface area (Å²) in [6.45, 7) is 3.36. The van der Waals surface area contributed by atoms with Crippen LogP contribution in [0.2, 0.25) is 0 Å². The number of rotatable bonds is 6. The Balaban J connectivity index is 1.42. The van der Waals surface area contributed by atoms with Crippen molar-refractivity contribution in [2.75, 3.05) is 10.6 Å². The molecule has 0 radical (unpaired) electrons. The summed E-state index contributed by atoms with van der Waals surface area (Å²) in [4.78, 5) is 28.7. The molecule has 0 aliphatic heterocycles. The summed E-state index contributed by atoms with van der Waals surface area (Å²) in [6, 6.07) is 8.93. The van der Waals surface area contributed by atoms with Crippen LogP contribution in [0, 0.1) is 6.92 Å². The molecule has 0 aliphatic carbocycles. The summed E-state index contributed by atoms with van der Waals surface area (Å²) < 4.78 is 2.39. The molecule has 11 heteroatoms. The number of hydrogen-bond acceptors (Lipinski definition) is 9. The van der Waals surface area contributed by atoms with E-state index in [0.29, 0.717) is 21.5 Å². The van der Waals surface area contributed by atoms with Crippen LogP contribution in [0.4, 0.5) is 16.5 Å². The van der Waals surface area contributed by atoms with Gasteiger partial charge in [0.05, 0.1) is 5.69 Å². The second kappa shape index (κ2) is 8.31. The Hall–Kier alpha value is -2.76. The number of thiazole rings is 1. The van der Waals surface area contributed by atoms with E-state index >= 15 is 0 Å². The van der Waals surface area contributed by atoms with Gasteiger partial charge in [-0.3, -0.25) is 14.0 Å². The van der Waals surface area contributed by atoms with Crippen LogP contribution in [-0.2, 0) is 10.5 Å². The maximum Gasteiger partial charge on any atom is 0.258 e. The van der Waals surface area contributed by atoms with E-state index in [1.54, 1.807) is 10.5 Å². The van der Waals surface area contributed by atoms with Crippen molar-refractivity contribution in [3.63, 3.8) is 0 Å². The van der Waals surface area contributed by atoms with E-state index in [2.05, 4.69) is 25.8 Å². The third kappa shape index (κ3) is 4.63. The number of benzene rings is 1. The number of aromatic nitrogens is 4. The van der Waals surface area contributed by atoms with Gasteiger partial charge in [-0.25, -0.2) is 4.98 Å². The lowest BCUT2D eigenvalue weighted by atomic mass is 10.3. The second-order valence-electron chi connectivity index (χ2n) is 6.13. The first kappa shape index (κ1) is 19.6. The average Bonchev–Trinajstić information content (AvgIpc) is 3.26. The van der Waals surface area contributed by atoms with Crippen molar-refractivity contribution in [2.45, 2.75) is 23.9 Å². The molecule has 4 rings (SSSR count). The lowest BCUT2D eigenvalue weighted by molar-refractivity contribution is -0.114. The molecule has 0 spiro atoms. The molecule has 0 unspecified atom stereocenters. The van der Waals surface area contributed by atoms with E-state index in [-0.39, 0.29) is 11.5 Å². The van der Waals surface area contributed by atoms with Crippen LogP contribution in [0.3, 0.4) is 0 Å². The second-order valence-corrected chi connectivity index (χ2v) is 9.17. The molecule has 3 heterocycles. The van der Waals surface area contributed by atoms with Crippen molar-refractivity contribution in [3.05, 3.63) is 57.5 Å². The van der Waals surface area contributed by atoms with E-state index in [1.807, 2.05) is 36.6 Å². The molecule has 0 aliphatic rings. The minimum absolute atomic E-state index is 0.0666. The molecule has 8 nitrogen and oxygen atoms in total. The van der Waals surface area contributed by atoms with Gasteiger partial charge in [0.1, 0.15) is 0 Å². The number of aryl methyl sites for hydroxylation is 1. The molecule has 0 fully saturated rings. The minimum Gasteiger partial charge on any atom is -0.330 e. The normalized spacial score (nSPS) is 11.0.